The Labute approximate surface area is 130 Å². The van der Waals surface area contributed by atoms with Crippen LogP contribution in [0.5, 0.6) is 5.75 Å². The summed E-state index contributed by atoms with van der Waals surface area (Å²) in [5, 5.41) is 11.6. The third-order valence-electron chi connectivity index (χ3n) is 3.28. The number of amides is 1. The smallest absolute Gasteiger partial charge is 0.332 e. The number of hydrogen-bond donors (Lipinski definition) is 2. The number of ether oxygens (including phenoxy) is 2. The quantitative estimate of drug-likeness (QED) is 0.839. The molecule has 21 heavy (non-hydrogen) atoms. The van der Waals surface area contributed by atoms with Gasteiger partial charge in [-0.3, -0.25) is 4.79 Å². The van der Waals surface area contributed by atoms with Crippen molar-refractivity contribution < 1.29 is 24.2 Å². The Balaban J connectivity index is 1.92. The maximum absolute atomic E-state index is 12.1. The number of rotatable bonds is 5. The van der Waals surface area contributed by atoms with Gasteiger partial charge in [0.2, 0.25) is 0 Å². The zero-order chi connectivity index (χ0) is 15.4. The van der Waals surface area contributed by atoms with Crippen LogP contribution in [0.1, 0.15) is 23.2 Å². The van der Waals surface area contributed by atoms with Crippen LogP contribution < -0.4 is 10.1 Å². The van der Waals surface area contributed by atoms with Gasteiger partial charge in [0.05, 0.1) is 18.8 Å². The summed E-state index contributed by atoms with van der Waals surface area (Å²) < 4.78 is 11.3. The molecule has 1 fully saturated rings. The summed E-state index contributed by atoms with van der Waals surface area (Å²) in [6.45, 7) is 0.280. The fourth-order valence-electron chi connectivity index (χ4n) is 2.19. The Morgan fingerprint density at radius 3 is 2.86 bits per heavy atom. The molecule has 1 aromatic carbocycles. The topological polar surface area (TPSA) is 84.9 Å². The maximum atomic E-state index is 12.1. The number of carboxylic acid groups (broad SMARTS) is 1. The average molecular weight is 358 g/mol. The van der Waals surface area contributed by atoms with Crippen molar-refractivity contribution >= 4 is 27.8 Å². The molecule has 2 rings (SSSR count). The number of nitrogens with one attached hydrogen (secondary N) is 1. The normalized spacial score (nSPS) is 21.0. The predicted octanol–water partition coefficient (Wildman–Crippen LogP) is 1.82. The molecule has 0 spiro atoms. The van der Waals surface area contributed by atoms with Crippen molar-refractivity contribution in [1.29, 1.82) is 0 Å². The molecule has 2 N–H and O–H groups in total. The zero-order valence-electron chi connectivity index (χ0n) is 11.5. The Morgan fingerprint density at radius 2 is 2.24 bits per heavy atom. The lowest BCUT2D eigenvalue weighted by atomic mass is 10.1. The summed E-state index contributed by atoms with van der Waals surface area (Å²) in [6.07, 6.45) is 0.0530. The van der Waals surface area contributed by atoms with Gasteiger partial charge in [-0.15, -0.1) is 0 Å². The molecule has 7 heteroatoms. The van der Waals surface area contributed by atoms with Gasteiger partial charge in [0.25, 0.3) is 5.91 Å². The van der Waals surface area contributed by atoms with E-state index in [4.69, 9.17) is 14.6 Å². The molecule has 0 radical (unpaired) electrons. The molecule has 2 unspecified atom stereocenters. The predicted molar refractivity (Wildman–Crippen MR) is 78.6 cm³/mol. The molecule has 1 saturated heterocycles. The molecule has 1 heterocycles. The van der Waals surface area contributed by atoms with E-state index in [1.165, 1.54) is 7.11 Å². The molecular weight excluding hydrogens is 342 g/mol. The number of hydrogen-bond acceptors (Lipinski definition) is 4. The van der Waals surface area contributed by atoms with Gasteiger partial charge in [-0.05, 0) is 31.0 Å². The van der Waals surface area contributed by atoms with Gasteiger partial charge in [0.15, 0.2) is 6.10 Å². The second-order valence-corrected chi connectivity index (χ2v) is 5.63. The fraction of sp³-hybridized carbons (Fsp3) is 0.429. The fourth-order valence-corrected chi connectivity index (χ4v) is 2.53. The van der Waals surface area contributed by atoms with Crippen LogP contribution in [0.15, 0.2) is 22.7 Å². The summed E-state index contributed by atoms with van der Waals surface area (Å²) in [4.78, 5) is 22.9. The van der Waals surface area contributed by atoms with Crippen molar-refractivity contribution in [3.8, 4) is 5.75 Å². The number of carbonyl (C=O) groups is 2. The van der Waals surface area contributed by atoms with Crippen LogP contribution in [-0.2, 0) is 9.53 Å². The molecule has 0 bridgehead atoms. The highest BCUT2D eigenvalue weighted by atomic mass is 79.9. The van der Waals surface area contributed by atoms with Gasteiger partial charge >= 0.3 is 5.97 Å². The second kappa shape index (κ2) is 6.91. The lowest BCUT2D eigenvalue weighted by Crippen LogP contribution is -2.33. The molecule has 1 aromatic rings. The van der Waals surface area contributed by atoms with Crippen LogP contribution in [-0.4, -0.2) is 42.8 Å². The van der Waals surface area contributed by atoms with E-state index in [0.29, 0.717) is 24.2 Å². The number of halogens is 1. The van der Waals surface area contributed by atoms with Crippen LogP contribution in [0.2, 0.25) is 0 Å². The highest BCUT2D eigenvalue weighted by molar-refractivity contribution is 9.10. The van der Waals surface area contributed by atoms with Crippen molar-refractivity contribution in [2.24, 2.45) is 0 Å². The Morgan fingerprint density at radius 1 is 1.48 bits per heavy atom. The molecule has 1 aliphatic heterocycles. The minimum Gasteiger partial charge on any atom is -0.496 e. The number of benzene rings is 1. The zero-order valence-corrected chi connectivity index (χ0v) is 13.1. The molecule has 0 aliphatic carbocycles. The Bertz CT molecular complexity index is 548. The highest BCUT2D eigenvalue weighted by Gasteiger charge is 2.30. The average Bonchev–Trinajstić information content (AvgIpc) is 2.93. The van der Waals surface area contributed by atoms with E-state index in [1.54, 1.807) is 18.2 Å². The molecular formula is C14H16BrNO5. The number of carboxylic acids is 1. The number of carbonyl (C=O) groups excluding carboxylic acids is 1. The van der Waals surface area contributed by atoms with Crippen LogP contribution in [0.4, 0.5) is 0 Å². The SMILES string of the molecule is COc1cc(Br)ccc1C(=O)NCC1CCC(C(=O)O)O1. The van der Waals surface area contributed by atoms with E-state index in [1.807, 2.05) is 0 Å². The number of aliphatic carboxylic acids is 1. The van der Waals surface area contributed by atoms with E-state index >= 15 is 0 Å². The van der Waals surface area contributed by atoms with Crippen LogP contribution in [0.3, 0.4) is 0 Å². The van der Waals surface area contributed by atoms with Crippen LogP contribution in [0, 0.1) is 0 Å². The standard InChI is InChI=1S/C14H16BrNO5/c1-20-12-6-8(15)2-4-10(12)13(17)16-7-9-3-5-11(21-9)14(18)19/h2,4,6,9,11H,3,5,7H2,1H3,(H,16,17)(H,18,19). The summed E-state index contributed by atoms with van der Waals surface area (Å²) in [5.41, 5.74) is 0.425. The third-order valence-corrected chi connectivity index (χ3v) is 3.77. The first kappa shape index (κ1) is 15.8. The van der Waals surface area contributed by atoms with E-state index in [-0.39, 0.29) is 18.6 Å². The summed E-state index contributed by atoms with van der Waals surface area (Å²) in [6, 6.07) is 5.12. The first-order valence-corrected chi connectivity index (χ1v) is 7.30. The van der Waals surface area contributed by atoms with Gasteiger partial charge < -0.3 is 19.9 Å². The molecule has 114 valence electrons. The van der Waals surface area contributed by atoms with Crippen molar-refractivity contribution in [2.75, 3.05) is 13.7 Å². The molecule has 6 nitrogen and oxygen atoms in total. The summed E-state index contributed by atoms with van der Waals surface area (Å²) >= 11 is 3.31. The molecule has 1 aliphatic rings. The molecule has 2 atom stereocenters. The minimum absolute atomic E-state index is 0.267. The first-order chi connectivity index (χ1) is 10.0. The molecule has 1 amide bonds. The van der Waals surface area contributed by atoms with Crippen LogP contribution in [0.25, 0.3) is 0 Å². The summed E-state index contributed by atoms with van der Waals surface area (Å²) in [5.74, 6) is -0.766. The van der Waals surface area contributed by atoms with Gasteiger partial charge in [-0.1, -0.05) is 15.9 Å². The van der Waals surface area contributed by atoms with Crippen molar-refractivity contribution in [1.82, 2.24) is 5.32 Å². The van der Waals surface area contributed by atoms with Gasteiger partial charge in [0.1, 0.15) is 5.75 Å². The van der Waals surface area contributed by atoms with E-state index in [2.05, 4.69) is 21.2 Å². The molecule has 0 aromatic heterocycles. The second-order valence-electron chi connectivity index (χ2n) is 4.72. The largest absolute Gasteiger partial charge is 0.496 e. The molecule has 0 saturated carbocycles. The summed E-state index contributed by atoms with van der Waals surface area (Å²) in [7, 11) is 1.50. The van der Waals surface area contributed by atoms with Crippen molar-refractivity contribution in [3.63, 3.8) is 0 Å². The minimum atomic E-state index is -0.960. The first-order valence-electron chi connectivity index (χ1n) is 6.51. The van der Waals surface area contributed by atoms with Gasteiger partial charge in [-0.2, -0.15) is 0 Å². The van der Waals surface area contributed by atoms with Crippen molar-refractivity contribution in [3.05, 3.63) is 28.2 Å². The van der Waals surface area contributed by atoms with Crippen LogP contribution >= 0.6 is 15.9 Å². The number of methoxy groups -OCH3 is 1. The van der Waals surface area contributed by atoms with E-state index in [0.717, 1.165) is 4.47 Å². The highest BCUT2D eigenvalue weighted by Crippen LogP contribution is 2.24. The Hall–Kier alpha value is -1.60. The van der Waals surface area contributed by atoms with Gasteiger partial charge in [0, 0.05) is 11.0 Å². The van der Waals surface area contributed by atoms with E-state index < -0.39 is 12.1 Å². The third kappa shape index (κ3) is 3.95. The lowest BCUT2D eigenvalue weighted by Gasteiger charge is -2.13. The van der Waals surface area contributed by atoms with E-state index in [9.17, 15) is 9.59 Å². The lowest BCUT2D eigenvalue weighted by molar-refractivity contribution is -0.149. The Kier molecular flexibility index (Phi) is 5.19. The van der Waals surface area contributed by atoms with Gasteiger partial charge in [-0.25, -0.2) is 4.79 Å². The maximum Gasteiger partial charge on any atom is 0.332 e. The van der Waals surface area contributed by atoms with Crippen molar-refractivity contribution in [2.45, 2.75) is 25.0 Å². The monoisotopic (exact) mass is 357 g/mol.